The molecule has 0 aromatic heterocycles. The van der Waals surface area contributed by atoms with Crippen LogP contribution in [-0.4, -0.2) is 105 Å². The van der Waals surface area contributed by atoms with Gasteiger partial charge < -0.3 is 14.6 Å². The quantitative estimate of drug-likeness (QED) is 0.335. The lowest BCUT2D eigenvalue weighted by Gasteiger charge is -2.34. The number of esters is 2. The first-order valence-electron chi connectivity index (χ1n) is 8.87. The van der Waals surface area contributed by atoms with Crippen LogP contribution in [0.4, 0.5) is 0 Å². The van der Waals surface area contributed by atoms with Crippen LogP contribution in [0.1, 0.15) is 13.8 Å². The molecule has 0 unspecified atom stereocenters. The van der Waals surface area contributed by atoms with E-state index in [1.807, 2.05) is 4.90 Å². The lowest BCUT2D eigenvalue weighted by Crippen LogP contribution is -2.48. The number of hydrogen-bond acceptors (Lipinski definition) is 9. The SMILES string of the molecule is COC(=O)[C@H](O)[C@@H](C(=O)OCCN1CCN(CCS(=O)(=O)O)CC1)C(C)C. The molecule has 10 nitrogen and oxygen atoms in total. The minimum absolute atomic E-state index is 0.126. The normalized spacial score (nSPS) is 18.9. The molecule has 27 heavy (non-hydrogen) atoms. The molecule has 0 spiro atoms. The van der Waals surface area contributed by atoms with Crippen LogP contribution in [0.5, 0.6) is 0 Å². The predicted molar refractivity (Wildman–Crippen MR) is 96.6 cm³/mol. The highest BCUT2D eigenvalue weighted by atomic mass is 32.2. The standard InChI is InChI=1S/C16H30N2O8S/c1-12(2)13(14(19)16(21)25-3)15(20)26-10-8-17-4-6-18(7-5-17)9-11-27(22,23)24/h12-14,19H,4-11H2,1-3H3,(H,22,23,24)/t13-,14+/m0/s1. The Labute approximate surface area is 160 Å². The van der Waals surface area contributed by atoms with E-state index >= 15 is 0 Å². The van der Waals surface area contributed by atoms with Gasteiger partial charge in [-0.25, -0.2) is 4.79 Å². The Balaban J connectivity index is 2.36. The summed E-state index contributed by atoms with van der Waals surface area (Å²) in [6.45, 7) is 7.00. The van der Waals surface area contributed by atoms with Gasteiger partial charge in [0.05, 0.1) is 18.8 Å². The van der Waals surface area contributed by atoms with Crippen molar-refractivity contribution >= 4 is 22.1 Å². The molecule has 0 radical (unpaired) electrons. The summed E-state index contributed by atoms with van der Waals surface area (Å²) < 4.78 is 40.0. The molecule has 2 atom stereocenters. The number of aliphatic hydroxyl groups is 1. The van der Waals surface area contributed by atoms with Gasteiger partial charge >= 0.3 is 11.9 Å². The topological polar surface area (TPSA) is 134 Å². The lowest BCUT2D eigenvalue weighted by molar-refractivity contribution is -0.167. The van der Waals surface area contributed by atoms with Crippen molar-refractivity contribution in [2.75, 3.05) is 58.7 Å². The Kier molecular flexibility index (Phi) is 9.60. The second-order valence-corrected chi connectivity index (χ2v) is 8.45. The van der Waals surface area contributed by atoms with Gasteiger partial charge in [0, 0.05) is 39.3 Å². The van der Waals surface area contributed by atoms with E-state index < -0.39 is 34.1 Å². The molecular weight excluding hydrogens is 380 g/mol. The molecule has 11 heteroatoms. The third-order valence-electron chi connectivity index (χ3n) is 4.56. The molecule has 1 rings (SSSR count). The van der Waals surface area contributed by atoms with Crippen molar-refractivity contribution in [1.82, 2.24) is 9.80 Å². The van der Waals surface area contributed by atoms with Gasteiger partial charge in [-0.2, -0.15) is 8.42 Å². The number of carbonyl (C=O) groups excluding carboxylic acids is 2. The lowest BCUT2D eigenvalue weighted by atomic mass is 9.90. The second-order valence-electron chi connectivity index (χ2n) is 6.87. The first-order chi connectivity index (χ1) is 12.5. The van der Waals surface area contributed by atoms with Crippen molar-refractivity contribution in [3.8, 4) is 0 Å². The van der Waals surface area contributed by atoms with Crippen molar-refractivity contribution in [1.29, 1.82) is 0 Å². The summed E-state index contributed by atoms with van der Waals surface area (Å²) in [6, 6.07) is 0. The van der Waals surface area contributed by atoms with Gasteiger partial charge in [0.15, 0.2) is 6.10 Å². The Hall–Kier alpha value is -1.27. The van der Waals surface area contributed by atoms with E-state index in [0.29, 0.717) is 32.7 Å². The zero-order valence-corrected chi connectivity index (χ0v) is 16.9. The molecule has 1 heterocycles. The Morgan fingerprint density at radius 3 is 2.00 bits per heavy atom. The minimum atomic E-state index is -3.96. The van der Waals surface area contributed by atoms with E-state index in [1.54, 1.807) is 13.8 Å². The molecule has 1 aliphatic heterocycles. The van der Waals surface area contributed by atoms with Crippen molar-refractivity contribution in [3.63, 3.8) is 0 Å². The first kappa shape index (κ1) is 23.8. The molecule has 0 amide bonds. The number of hydrogen-bond donors (Lipinski definition) is 2. The van der Waals surface area contributed by atoms with Gasteiger partial charge in [-0.05, 0) is 5.92 Å². The van der Waals surface area contributed by atoms with Gasteiger partial charge in [-0.1, -0.05) is 13.8 Å². The fraction of sp³-hybridized carbons (Fsp3) is 0.875. The van der Waals surface area contributed by atoms with E-state index in [-0.39, 0.29) is 24.8 Å². The highest BCUT2D eigenvalue weighted by Crippen LogP contribution is 2.18. The fourth-order valence-electron chi connectivity index (χ4n) is 2.89. The molecule has 0 bridgehead atoms. The zero-order valence-electron chi connectivity index (χ0n) is 16.0. The minimum Gasteiger partial charge on any atom is -0.467 e. The van der Waals surface area contributed by atoms with Crippen molar-refractivity contribution in [2.45, 2.75) is 20.0 Å². The Bertz CT molecular complexity index is 587. The molecule has 1 saturated heterocycles. The van der Waals surface area contributed by atoms with E-state index in [4.69, 9.17) is 9.29 Å². The Morgan fingerprint density at radius 2 is 1.56 bits per heavy atom. The molecule has 2 N–H and O–H groups in total. The zero-order chi connectivity index (χ0) is 20.6. The van der Waals surface area contributed by atoms with Gasteiger partial charge in [-0.3, -0.25) is 19.1 Å². The summed E-state index contributed by atoms with van der Waals surface area (Å²) in [6.07, 6.45) is -1.56. The van der Waals surface area contributed by atoms with Crippen LogP contribution in [0.15, 0.2) is 0 Å². The first-order valence-corrected chi connectivity index (χ1v) is 10.5. The average Bonchev–Trinajstić information content (AvgIpc) is 2.59. The third-order valence-corrected chi connectivity index (χ3v) is 5.25. The molecular formula is C16H30N2O8S. The summed E-state index contributed by atoms with van der Waals surface area (Å²) in [5.74, 6) is -3.09. The molecule has 158 valence electrons. The number of nitrogens with zero attached hydrogens (tertiary/aromatic N) is 2. The highest BCUT2D eigenvalue weighted by Gasteiger charge is 2.36. The van der Waals surface area contributed by atoms with Gasteiger partial charge in [0.1, 0.15) is 6.61 Å². The molecule has 1 fully saturated rings. The van der Waals surface area contributed by atoms with Gasteiger partial charge in [-0.15, -0.1) is 0 Å². The smallest absolute Gasteiger partial charge is 0.335 e. The van der Waals surface area contributed by atoms with Crippen molar-refractivity contribution in [3.05, 3.63) is 0 Å². The highest BCUT2D eigenvalue weighted by molar-refractivity contribution is 7.85. The summed E-state index contributed by atoms with van der Waals surface area (Å²) >= 11 is 0. The van der Waals surface area contributed by atoms with E-state index in [1.165, 1.54) is 0 Å². The van der Waals surface area contributed by atoms with Gasteiger partial charge in [0.25, 0.3) is 10.1 Å². The molecule has 0 aromatic carbocycles. The number of aliphatic hydroxyl groups excluding tert-OH is 1. The molecule has 0 aliphatic carbocycles. The summed E-state index contributed by atoms with van der Waals surface area (Å²) in [5, 5.41) is 9.95. The second kappa shape index (κ2) is 10.9. The van der Waals surface area contributed by atoms with Crippen molar-refractivity contribution in [2.24, 2.45) is 11.8 Å². The average molecular weight is 410 g/mol. The number of rotatable bonds is 10. The molecule has 0 saturated carbocycles. The van der Waals surface area contributed by atoms with E-state index in [2.05, 4.69) is 9.64 Å². The number of methoxy groups -OCH3 is 1. The van der Waals surface area contributed by atoms with Crippen LogP contribution in [0.2, 0.25) is 0 Å². The summed E-state index contributed by atoms with van der Waals surface area (Å²) in [5.41, 5.74) is 0. The van der Waals surface area contributed by atoms with Crippen LogP contribution in [-0.2, 0) is 29.2 Å². The van der Waals surface area contributed by atoms with E-state index in [9.17, 15) is 23.1 Å². The number of carbonyl (C=O) groups is 2. The summed E-state index contributed by atoms with van der Waals surface area (Å²) in [4.78, 5) is 27.7. The maximum absolute atomic E-state index is 12.2. The van der Waals surface area contributed by atoms with Crippen LogP contribution >= 0.6 is 0 Å². The largest absolute Gasteiger partial charge is 0.467 e. The maximum Gasteiger partial charge on any atom is 0.335 e. The predicted octanol–water partition coefficient (Wildman–Crippen LogP) is -1.16. The third kappa shape index (κ3) is 8.52. The summed E-state index contributed by atoms with van der Waals surface area (Å²) in [7, 11) is -2.81. The van der Waals surface area contributed by atoms with Crippen molar-refractivity contribution < 1.29 is 37.1 Å². The maximum atomic E-state index is 12.2. The van der Waals surface area contributed by atoms with E-state index in [0.717, 1.165) is 7.11 Å². The van der Waals surface area contributed by atoms with Crippen LogP contribution < -0.4 is 0 Å². The fourth-order valence-corrected chi connectivity index (χ4v) is 3.37. The van der Waals surface area contributed by atoms with Crippen LogP contribution in [0, 0.1) is 11.8 Å². The monoisotopic (exact) mass is 410 g/mol. The number of piperazine rings is 1. The Morgan fingerprint density at radius 1 is 1.04 bits per heavy atom. The number of ether oxygens (including phenoxy) is 2. The van der Waals surface area contributed by atoms with Crippen LogP contribution in [0.3, 0.4) is 0 Å². The van der Waals surface area contributed by atoms with Gasteiger partial charge in [0.2, 0.25) is 0 Å². The molecule has 0 aromatic rings. The molecule has 1 aliphatic rings. The van der Waals surface area contributed by atoms with Crippen LogP contribution in [0.25, 0.3) is 0 Å².